The fourth-order valence-corrected chi connectivity index (χ4v) is 4.28. The van der Waals surface area contributed by atoms with Gasteiger partial charge in [0.05, 0.1) is 26.8 Å². The number of aromatic hydroxyl groups is 1. The van der Waals surface area contributed by atoms with Crippen molar-refractivity contribution in [2.45, 2.75) is 6.04 Å². The van der Waals surface area contributed by atoms with E-state index in [0.717, 1.165) is 21.9 Å². The maximum absolute atomic E-state index is 10.8. The molecule has 0 aliphatic carbocycles. The minimum atomic E-state index is -0.408. The van der Waals surface area contributed by atoms with Crippen molar-refractivity contribution in [3.05, 3.63) is 105 Å². The van der Waals surface area contributed by atoms with Gasteiger partial charge in [-0.05, 0) is 46.8 Å². The summed E-state index contributed by atoms with van der Waals surface area (Å²) in [5.74, 6) is 0.176. The summed E-state index contributed by atoms with van der Waals surface area (Å²) in [6.07, 6.45) is 0. The zero-order valence-corrected chi connectivity index (χ0v) is 19.2. The molecule has 0 radical (unpaired) electrons. The van der Waals surface area contributed by atoms with E-state index in [0.29, 0.717) is 25.9 Å². The Morgan fingerprint density at radius 3 is 2.26 bits per heavy atom. The molecule has 4 aromatic rings. The number of benzene rings is 4. The fraction of sp³-hybridized carbons (Fsp3) is 0.0417. The van der Waals surface area contributed by atoms with E-state index in [1.807, 2.05) is 60.7 Å². The zero-order chi connectivity index (χ0) is 22.0. The first kappa shape index (κ1) is 21.7. The monoisotopic (exact) mass is 486 g/mol. The summed E-state index contributed by atoms with van der Waals surface area (Å²) < 4.78 is 0. The summed E-state index contributed by atoms with van der Waals surface area (Å²) in [4.78, 5) is 0. The molecular weight excluding hydrogens is 471 g/mol. The number of thiocarbonyl (C=S) groups is 1. The van der Waals surface area contributed by atoms with Gasteiger partial charge in [-0.15, -0.1) is 0 Å². The quantitative estimate of drug-likeness (QED) is 0.205. The standard InChI is InChI=1S/C24H17Cl3N2OS/c25-17-12-19(27)20(13-18(17)26)28-24(31)29-23(15-7-2-1-3-8-15)22-16-9-5-4-6-14(16)10-11-21(22)30/h1-13,23,30H,(H2,28,29,31)/t23-/m1/s1. The summed E-state index contributed by atoms with van der Waals surface area (Å²) >= 11 is 24.0. The summed E-state index contributed by atoms with van der Waals surface area (Å²) in [5, 5.41) is 20.6. The van der Waals surface area contributed by atoms with Crippen molar-refractivity contribution in [1.82, 2.24) is 5.32 Å². The summed E-state index contributed by atoms with van der Waals surface area (Å²) in [6.45, 7) is 0. The van der Waals surface area contributed by atoms with Crippen molar-refractivity contribution in [2.24, 2.45) is 0 Å². The third kappa shape index (κ3) is 4.73. The Hall–Kier alpha value is -2.50. The highest BCUT2D eigenvalue weighted by molar-refractivity contribution is 7.80. The minimum Gasteiger partial charge on any atom is -0.508 e. The number of hydrogen-bond donors (Lipinski definition) is 3. The van der Waals surface area contributed by atoms with Crippen LogP contribution in [0.2, 0.25) is 15.1 Å². The molecule has 0 unspecified atom stereocenters. The second kappa shape index (κ2) is 9.33. The third-order valence-electron chi connectivity index (χ3n) is 4.90. The van der Waals surface area contributed by atoms with E-state index in [1.165, 1.54) is 0 Å². The molecule has 31 heavy (non-hydrogen) atoms. The molecule has 3 nitrogen and oxygen atoms in total. The van der Waals surface area contributed by atoms with Gasteiger partial charge in [0.1, 0.15) is 5.75 Å². The number of phenolic OH excluding ortho intramolecular Hbond substituents is 1. The Morgan fingerprint density at radius 2 is 1.48 bits per heavy atom. The van der Waals surface area contributed by atoms with Gasteiger partial charge < -0.3 is 15.7 Å². The highest BCUT2D eigenvalue weighted by atomic mass is 35.5. The van der Waals surface area contributed by atoms with Gasteiger partial charge in [-0.1, -0.05) is 95.5 Å². The number of nitrogens with one attached hydrogen (secondary N) is 2. The van der Waals surface area contributed by atoms with Crippen LogP contribution in [0.15, 0.2) is 78.9 Å². The SMILES string of the molecule is Oc1ccc2ccccc2c1[C@H](NC(=S)Nc1cc(Cl)c(Cl)cc1Cl)c1ccccc1. The first-order valence-corrected chi connectivity index (χ1v) is 11.0. The number of halogens is 3. The van der Waals surface area contributed by atoms with E-state index in [4.69, 9.17) is 47.0 Å². The molecule has 0 fully saturated rings. The highest BCUT2D eigenvalue weighted by Gasteiger charge is 2.22. The lowest BCUT2D eigenvalue weighted by molar-refractivity contribution is 0.464. The van der Waals surface area contributed by atoms with Gasteiger partial charge in [-0.3, -0.25) is 0 Å². The lowest BCUT2D eigenvalue weighted by Gasteiger charge is -2.24. The van der Waals surface area contributed by atoms with Crippen LogP contribution in [0, 0.1) is 0 Å². The molecule has 0 amide bonds. The van der Waals surface area contributed by atoms with Crippen molar-refractivity contribution in [3.8, 4) is 5.75 Å². The number of fused-ring (bicyclic) bond motifs is 1. The van der Waals surface area contributed by atoms with Gasteiger partial charge in [-0.25, -0.2) is 0 Å². The number of hydrogen-bond acceptors (Lipinski definition) is 2. The Labute approximate surface area is 200 Å². The third-order valence-corrected chi connectivity index (χ3v) is 6.16. The average Bonchev–Trinajstić information content (AvgIpc) is 2.77. The molecule has 0 spiro atoms. The molecule has 0 aliphatic heterocycles. The molecule has 4 rings (SSSR count). The molecule has 1 atom stereocenters. The summed E-state index contributed by atoms with van der Waals surface area (Å²) in [7, 11) is 0. The van der Waals surface area contributed by atoms with Crippen LogP contribution >= 0.6 is 47.0 Å². The lowest BCUT2D eigenvalue weighted by atomic mass is 9.93. The first-order chi connectivity index (χ1) is 14.9. The van der Waals surface area contributed by atoms with Crippen LogP contribution in [-0.2, 0) is 0 Å². The van der Waals surface area contributed by atoms with Gasteiger partial charge in [0, 0.05) is 5.56 Å². The fourth-order valence-electron chi connectivity index (χ4n) is 3.46. The van der Waals surface area contributed by atoms with Crippen molar-refractivity contribution in [2.75, 3.05) is 5.32 Å². The van der Waals surface area contributed by atoms with E-state index in [2.05, 4.69) is 10.6 Å². The molecule has 0 heterocycles. The Balaban J connectivity index is 1.74. The van der Waals surface area contributed by atoms with E-state index < -0.39 is 6.04 Å². The van der Waals surface area contributed by atoms with Gasteiger partial charge in [0.2, 0.25) is 0 Å². The second-order valence-corrected chi connectivity index (χ2v) is 8.54. The van der Waals surface area contributed by atoms with Gasteiger partial charge in [-0.2, -0.15) is 0 Å². The Kier molecular flexibility index (Phi) is 6.54. The van der Waals surface area contributed by atoms with E-state index in [9.17, 15) is 5.11 Å². The van der Waals surface area contributed by atoms with Gasteiger partial charge in [0.25, 0.3) is 0 Å². The van der Waals surface area contributed by atoms with Crippen LogP contribution in [0.25, 0.3) is 10.8 Å². The summed E-state index contributed by atoms with van der Waals surface area (Å²) in [6, 6.07) is 24.0. The Bertz CT molecular complexity index is 1260. The average molecular weight is 488 g/mol. The van der Waals surface area contributed by atoms with E-state index in [1.54, 1.807) is 18.2 Å². The molecule has 0 saturated carbocycles. The number of rotatable bonds is 4. The molecule has 7 heteroatoms. The predicted molar refractivity (Wildman–Crippen MR) is 135 cm³/mol. The molecule has 3 N–H and O–H groups in total. The van der Waals surface area contributed by atoms with Crippen LogP contribution in [0.5, 0.6) is 5.75 Å². The minimum absolute atomic E-state index is 0.176. The maximum atomic E-state index is 10.8. The topological polar surface area (TPSA) is 44.3 Å². The van der Waals surface area contributed by atoms with Crippen LogP contribution in [-0.4, -0.2) is 10.2 Å². The van der Waals surface area contributed by atoms with Crippen LogP contribution in [0.1, 0.15) is 17.2 Å². The van der Waals surface area contributed by atoms with Crippen molar-refractivity contribution < 1.29 is 5.11 Å². The zero-order valence-electron chi connectivity index (χ0n) is 16.1. The van der Waals surface area contributed by atoms with Crippen molar-refractivity contribution >= 4 is 68.6 Å². The molecular formula is C24H17Cl3N2OS. The predicted octanol–water partition coefficient (Wildman–Crippen LogP) is 7.58. The van der Waals surface area contributed by atoms with Crippen LogP contribution < -0.4 is 10.6 Å². The maximum Gasteiger partial charge on any atom is 0.171 e. The molecule has 156 valence electrons. The van der Waals surface area contributed by atoms with Crippen LogP contribution in [0.4, 0.5) is 5.69 Å². The molecule has 4 aromatic carbocycles. The number of phenols is 1. The second-order valence-electron chi connectivity index (χ2n) is 6.91. The van der Waals surface area contributed by atoms with Crippen molar-refractivity contribution in [1.29, 1.82) is 0 Å². The number of anilines is 1. The first-order valence-electron chi connectivity index (χ1n) is 9.41. The largest absolute Gasteiger partial charge is 0.508 e. The normalized spacial score (nSPS) is 11.8. The molecule has 0 saturated heterocycles. The smallest absolute Gasteiger partial charge is 0.171 e. The van der Waals surface area contributed by atoms with Crippen molar-refractivity contribution in [3.63, 3.8) is 0 Å². The molecule has 0 bridgehead atoms. The Morgan fingerprint density at radius 1 is 0.806 bits per heavy atom. The molecule has 0 aromatic heterocycles. The van der Waals surface area contributed by atoms with E-state index >= 15 is 0 Å². The van der Waals surface area contributed by atoms with Gasteiger partial charge in [0.15, 0.2) is 5.11 Å². The summed E-state index contributed by atoms with van der Waals surface area (Å²) in [5.41, 5.74) is 2.20. The highest BCUT2D eigenvalue weighted by Crippen LogP contribution is 2.36. The van der Waals surface area contributed by atoms with Crippen LogP contribution in [0.3, 0.4) is 0 Å². The lowest BCUT2D eigenvalue weighted by Crippen LogP contribution is -2.33. The molecule has 0 aliphatic rings. The van der Waals surface area contributed by atoms with E-state index in [-0.39, 0.29) is 5.75 Å². The van der Waals surface area contributed by atoms with Gasteiger partial charge >= 0.3 is 0 Å².